The first-order valence-electron chi connectivity index (χ1n) is 9.01. The van der Waals surface area contributed by atoms with Crippen LogP contribution in [-0.4, -0.2) is 51.4 Å². The number of aromatic amines is 2. The lowest BCUT2D eigenvalue weighted by Gasteiger charge is -2.31. The van der Waals surface area contributed by atoms with E-state index < -0.39 is 0 Å². The van der Waals surface area contributed by atoms with E-state index in [1.54, 1.807) is 6.20 Å². The molecule has 0 bridgehead atoms. The molecule has 1 aliphatic heterocycles. The fourth-order valence-electron chi connectivity index (χ4n) is 3.13. The van der Waals surface area contributed by atoms with Crippen LogP contribution in [0.2, 0.25) is 5.02 Å². The Morgan fingerprint density at radius 2 is 2.26 bits per heavy atom. The van der Waals surface area contributed by atoms with Crippen LogP contribution in [0.5, 0.6) is 5.75 Å². The molecule has 0 unspecified atom stereocenters. The van der Waals surface area contributed by atoms with Crippen LogP contribution in [-0.2, 0) is 17.7 Å². The maximum atomic E-state index is 6.10. The predicted molar refractivity (Wildman–Crippen MR) is 102 cm³/mol. The Balaban J connectivity index is 1.30. The molecule has 2 N–H and O–H groups in total. The first-order valence-corrected chi connectivity index (χ1v) is 9.39. The number of rotatable bonds is 7. The molecule has 0 spiro atoms. The summed E-state index contributed by atoms with van der Waals surface area (Å²) in [5.41, 5.74) is 1.94. The largest absolute Gasteiger partial charge is 0.492 e. The quantitative estimate of drug-likeness (QED) is 0.651. The lowest BCUT2D eigenvalue weighted by Crippen LogP contribution is -2.38. The molecule has 3 aromatic rings. The second-order valence-electron chi connectivity index (χ2n) is 6.48. The monoisotopic (exact) mass is 387 g/mol. The van der Waals surface area contributed by atoms with E-state index in [2.05, 4.69) is 31.1 Å². The number of hydrogen-bond acceptors (Lipinski definition) is 5. The van der Waals surface area contributed by atoms with Crippen LogP contribution in [0.25, 0.3) is 0 Å². The van der Waals surface area contributed by atoms with Gasteiger partial charge in [0, 0.05) is 37.6 Å². The van der Waals surface area contributed by atoms with Gasteiger partial charge in [-0.3, -0.25) is 10.00 Å². The molecule has 3 heterocycles. The Bertz CT molecular complexity index is 851. The molecule has 0 radical (unpaired) electrons. The number of nitrogens with one attached hydrogen (secondary N) is 2. The maximum absolute atomic E-state index is 6.10. The summed E-state index contributed by atoms with van der Waals surface area (Å²) in [6.45, 7) is 3.68. The van der Waals surface area contributed by atoms with E-state index >= 15 is 0 Å². The van der Waals surface area contributed by atoms with Gasteiger partial charge in [0.1, 0.15) is 17.7 Å². The van der Waals surface area contributed by atoms with Gasteiger partial charge in [0.15, 0.2) is 0 Å². The van der Waals surface area contributed by atoms with Crippen molar-refractivity contribution in [3.05, 3.63) is 65.0 Å². The Morgan fingerprint density at radius 3 is 3.11 bits per heavy atom. The van der Waals surface area contributed by atoms with Crippen LogP contribution in [0.3, 0.4) is 0 Å². The van der Waals surface area contributed by atoms with Crippen LogP contribution in [0.1, 0.15) is 23.3 Å². The molecule has 8 heteroatoms. The van der Waals surface area contributed by atoms with Gasteiger partial charge in [-0.25, -0.2) is 4.98 Å². The standard InChI is InChI=1S/C19H22ClN5O2/c20-15-3-1-2-4-17(15)26-9-5-14-11-16(24-23-14)18-12-25(8-10-27-18)13-19-21-6-7-22-19/h1-4,6-7,11,18H,5,8-10,12-13H2,(H,21,22)(H,23,24)/t18-/m1/s1. The van der Waals surface area contributed by atoms with Crippen molar-refractivity contribution in [1.29, 1.82) is 0 Å². The molecule has 7 nitrogen and oxygen atoms in total. The Labute approximate surface area is 162 Å². The van der Waals surface area contributed by atoms with Crippen LogP contribution in [0, 0.1) is 0 Å². The minimum absolute atomic E-state index is 0.0387. The number of hydrogen-bond donors (Lipinski definition) is 2. The molecule has 142 valence electrons. The summed E-state index contributed by atoms with van der Waals surface area (Å²) in [6, 6.07) is 9.53. The van der Waals surface area contributed by atoms with E-state index in [0.717, 1.165) is 43.3 Å². The number of H-pyrrole nitrogens is 2. The smallest absolute Gasteiger partial charge is 0.137 e. The second kappa shape index (κ2) is 8.56. The van der Waals surface area contributed by atoms with Crippen LogP contribution in [0.4, 0.5) is 0 Å². The molecule has 4 rings (SSSR count). The summed E-state index contributed by atoms with van der Waals surface area (Å²) in [6.07, 6.45) is 4.31. The molecule has 1 aliphatic rings. The van der Waals surface area contributed by atoms with E-state index in [-0.39, 0.29) is 6.10 Å². The fraction of sp³-hybridized carbons (Fsp3) is 0.368. The lowest BCUT2D eigenvalue weighted by atomic mass is 10.2. The van der Waals surface area contributed by atoms with Crippen molar-refractivity contribution in [3.63, 3.8) is 0 Å². The fourth-order valence-corrected chi connectivity index (χ4v) is 3.32. The number of ether oxygens (including phenoxy) is 2. The van der Waals surface area contributed by atoms with Crippen molar-refractivity contribution in [3.8, 4) is 5.75 Å². The maximum Gasteiger partial charge on any atom is 0.137 e. The number of nitrogens with zero attached hydrogens (tertiary/aromatic N) is 3. The number of benzene rings is 1. The number of aromatic nitrogens is 4. The van der Waals surface area contributed by atoms with Gasteiger partial charge in [-0.15, -0.1) is 0 Å². The van der Waals surface area contributed by atoms with Gasteiger partial charge in [-0.1, -0.05) is 23.7 Å². The van der Waals surface area contributed by atoms with Crippen molar-refractivity contribution in [1.82, 2.24) is 25.1 Å². The van der Waals surface area contributed by atoms with Gasteiger partial charge in [-0.05, 0) is 18.2 Å². The highest BCUT2D eigenvalue weighted by molar-refractivity contribution is 6.32. The zero-order valence-corrected chi connectivity index (χ0v) is 15.7. The van der Waals surface area contributed by atoms with Crippen LogP contribution < -0.4 is 4.74 Å². The van der Waals surface area contributed by atoms with Crippen molar-refractivity contribution in [2.75, 3.05) is 26.3 Å². The molecule has 1 aromatic carbocycles. The molecule has 27 heavy (non-hydrogen) atoms. The zero-order chi connectivity index (χ0) is 18.5. The van der Waals surface area contributed by atoms with Gasteiger partial charge in [0.05, 0.1) is 30.5 Å². The van der Waals surface area contributed by atoms with E-state index in [1.165, 1.54) is 0 Å². The van der Waals surface area contributed by atoms with E-state index in [9.17, 15) is 0 Å². The molecule has 0 aliphatic carbocycles. The van der Waals surface area contributed by atoms with Gasteiger partial charge in [0.25, 0.3) is 0 Å². The molecule has 1 atom stereocenters. The van der Waals surface area contributed by atoms with Crippen molar-refractivity contribution in [2.45, 2.75) is 19.1 Å². The van der Waals surface area contributed by atoms with E-state index in [1.807, 2.05) is 30.5 Å². The molecule has 1 fully saturated rings. The normalized spacial score (nSPS) is 17.9. The highest BCUT2D eigenvalue weighted by atomic mass is 35.5. The summed E-state index contributed by atoms with van der Waals surface area (Å²) in [5.74, 6) is 1.66. The minimum atomic E-state index is -0.0387. The molecule has 0 saturated carbocycles. The van der Waals surface area contributed by atoms with Gasteiger partial charge < -0.3 is 14.5 Å². The van der Waals surface area contributed by atoms with Crippen molar-refractivity contribution >= 4 is 11.6 Å². The second-order valence-corrected chi connectivity index (χ2v) is 6.88. The highest BCUT2D eigenvalue weighted by Gasteiger charge is 2.24. The van der Waals surface area contributed by atoms with E-state index in [4.69, 9.17) is 21.1 Å². The SMILES string of the molecule is Clc1ccccc1OCCc1cc([C@H]2CN(Cc3ncc[nH]3)CCO2)n[nH]1. The van der Waals surface area contributed by atoms with Crippen molar-refractivity contribution in [2.24, 2.45) is 0 Å². The van der Waals surface area contributed by atoms with E-state index in [0.29, 0.717) is 24.0 Å². The number of para-hydroxylation sites is 1. The van der Waals surface area contributed by atoms with Gasteiger partial charge >= 0.3 is 0 Å². The Kier molecular flexibility index (Phi) is 5.72. The van der Waals surface area contributed by atoms with Crippen LogP contribution in [0.15, 0.2) is 42.7 Å². The Hall–Kier alpha value is -2.35. The summed E-state index contributed by atoms with van der Waals surface area (Å²) < 4.78 is 11.7. The van der Waals surface area contributed by atoms with Gasteiger partial charge in [-0.2, -0.15) is 5.10 Å². The summed E-state index contributed by atoms with van der Waals surface area (Å²) >= 11 is 6.10. The molecule has 1 saturated heterocycles. The molecule has 0 amide bonds. The third kappa shape index (κ3) is 4.68. The lowest BCUT2D eigenvalue weighted by molar-refractivity contribution is -0.0356. The first-order chi connectivity index (χ1) is 13.3. The molecule has 2 aromatic heterocycles. The highest BCUT2D eigenvalue weighted by Crippen LogP contribution is 2.24. The molecular weight excluding hydrogens is 366 g/mol. The molecular formula is C19H22ClN5O2. The van der Waals surface area contributed by atoms with Crippen molar-refractivity contribution < 1.29 is 9.47 Å². The predicted octanol–water partition coefficient (Wildman–Crippen LogP) is 2.98. The minimum Gasteiger partial charge on any atom is -0.492 e. The number of imidazole rings is 1. The van der Waals surface area contributed by atoms with Gasteiger partial charge in [0.2, 0.25) is 0 Å². The van der Waals surface area contributed by atoms with Crippen LogP contribution >= 0.6 is 11.6 Å². The average molecular weight is 388 g/mol. The third-order valence-electron chi connectivity index (χ3n) is 4.53. The first kappa shape index (κ1) is 18.0. The average Bonchev–Trinajstić information content (AvgIpc) is 3.36. The Morgan fingerprint density at radius 1 is 1.33 bits per heavy atom. The number of morpholine rings is 1. The summed E-state index contributed by atoms with van der Waals surface area (Å²) in [5, 5.41) is 8.14. The summed E-state index contributed by atoms with van der Waals surface area (Å²) in [7, 11) is 0. The number of halogens is 1. The summed E-state index contributed by atoms with van der Waals surface area (Å²) in [4.78, 5) is 9.76. The third-order valence-corrected chi connectivity index (χ3v) is 4.84. The topological polar surface area (TPSA) is 79.1 Å². The zero-order valence-electron chi connectivity index (χ0n) is 14.9.